The number of nitrogens with one attached hydrogen (secondary N) is 1. The van der Waals surface area contributed by atoms with Crippen molar-refractivity contribution in [1.82, 2.24) is 15.1 Å². The van der Waals surface area contributed by atoms with E-state index < -0.39 is 5.97 Å². The Morgan fingerprint density at radius 1 is 1.50 bits per heavy atom. The van der Waals surface area contributed by atoms with Gasteiger partial charge in [-0.1, -0.05) is 0 Å². The van der Waals surface area contributed by atoms with Crippen LogP contribution in [0.1, 0.15) is 43.2 Å². The average molecular weight is 251 g/mol. The first-order valence-electron chi connectivity index (χ1n) is 6.06. The quantitative estimate of drug-likeness (QED) is 0.838. The largest absolute Gasteiger partial charge is 0.481 e. The van der Waals surface area contributed by atoms with E-state index in [2.05, 4.69) is 10.4 Å². The first-order chi connectivity index (χ1) is 8.49. The van der Waals surface area contributed by atoms with Crippen molar-refractivity contribution in [1.29, 1.82) is 0 Å². The van der Waals surface area contributed by atoms with Gasteiger partial charge in [-0.3, -0.25) is 14.3 Å². The first-order valence-corrected chi connectivity index (χ1v) is 6.06. The van der Waals surface area contributed by atoms with Crippen molar-refractivity contribution in [2.45, 2.75) is 38.8 Å². The molecule has 1 fully saturated rings. The van der Waals surface area contributed by atoms with Gasteiger partial charge in [-0.2, -0.15) is 5.10 Å². The molecule has 6 nitrogen and oxygen atoms in total. The highest BCUT2D eigenvalue weighted by molar-refractivity contribution is 5.93. The van der Waals surface area contributed by atoms with Crippen molar-refractivity contribution in [2.75, 3.05) is 0 Å². The maximum absolute atomic E-state index is 12.0. The molecule has 6 heteroatoms. The Morgan fingerprint density at radius 3 is 2.72 bits per heavy atom. The topological polar surface area (TPSA) is 84.2 Å². The summed E-state index contributed by atoms with van der Waals surface area (Å²) < 4.78 is 1.66. The minimum atomic E-state index is -0.785. The molecule has 2 N–H and O–H groups in total. The summed E-state index contributed by atoms with van der Waals surface area (Å²) in [6.45, 7) is 3.90. The van der Waals surface area contributed by atoms with Crippen LogP contribution in [0.4, 0.5) is 0 Å². The molecule has 0 saturated heterocycles. The summed E-state index contributed by atoms with van der Waals surface area (Å²) >= 11 is 0. The number of carbonyl (C=O) groups is 2. The summed E-state index contributed by atoms with van der Waals surface area (Å²) in [4.78, 5) is 22.6. The van der Waals surface area contributed by atoms with E-state index in [0.717, 1.165) is 0 Å². The van der Waals surface area contributed by atoms with Crippen molar-refractivity contribution in [3.63, 3.8) is 0 Å². The molecule has 1 aromatic rings. The lowest BCUT2D eigenvalue weighted by Gasteiger charge is -2.32. The third-order valence-corrected chi connectivity index (χ3v) is 3.21. The lowest BCUT2D eigenvalue weighted by molar-refractivity contribution is -0.145. The number of nitrogens with zero attached hydrogens (tertiary/aromatic N) is 2. The van der Waals surface area contributed by atoms with E-state index >= 15 is 0 Å². The van der Waals surface area contributed by atoms with Crippen molar-refractivity contribution in [2.24, 2.45) is 5.92 Å². The van der Waals surface area contributed by atoms with E-state index in [1.807, 2.05) is 13.8 Å². The molecule has 1 aromatic heterocycles. The fourth-order valence-electron chi connectivity index (χ4n) is 2.10. The summed E-state index contributed by atoms with van der Waals surface area (Å²) in [7, 11) is 0. The molecule has 2 rings (SSSR count). The van der Waals surface area contributed by atoms with Crippen LogP contribution in [-0.4, -0.2) is 32.8 Å². The second-order valence-electron chi connectivity index (χ2n) is 4.93. The average Bonchev–Trinajstić information content (AvgIpc) is 2.70. The number of carbonyl (C=O) groups excluding carboxylic acids is 1. The normalized spacial score (nSPS) is 22.6. The number of hydrogen-bond donors (Lipinski definition) is 2. The van der Waals surface area contributed by atoms with Gasteiger partial charge < -0.3 is 10.4 Å². The molecule has 98 valence electrons. The molecule has 0 atom stereocenters. The predicted octanol–water partition coefficient (Wildman–Crippen LogP) is 1.06. The van der Waals surface area contributed by atoms with Crippen LogP contribution in [-0.2, 0) is 4.79 Å². The van der Waals surface area contributed by atoms with Gasteiger partial charge in [0.25, 0.3) is 5.91 Å². The van der Waals surface area contributed by atoms with Crippen LogP contribution in [0.25, 0.3) is 0 Å². The van der Waals surface area contributed by atoms with Gasteiger partial charge in [-0.05, 0) is 32.8 Å². The third-order valence-electron chi connectivity index (χ3n) is 3.21. The molecular formula is C12H17N3O3. The number of aromatic nitrogens is 2. The van der Waals surface area contributed by atoms with Crippen LogP contribution >= 0.6 is 0 Å². The second-order valence-corrected chi connectivity index (χ2v) is 4.93. The Labute approximate surface area is 105 Å². The van der Waals surface area contributed by atoms with E-state index in [1.165, 1.54) is 0 Å². The van der Waals surface area contributed by atoms with Crippen LogP contribution in [0, 0.1) is 5.92 Å². The summed E-state index contributed by atoms with van der Waals surface area (Å²) in [5.74, 6) is -1.28. The molecule has 1 amide bonds. The molecule has 1 heterocycles. The number of carboxylic acid groups (broad SMARTS) is 1. The Hall–Kier alpha value is -1.85. The molecule has 0 unspecified atom stereocenters. The van der Waals surface area contributed by atoms with Gasteiger partial charge in [0, 0.05) is 18.3 Å². The summed E-state index contributed by atoms with van der Waals surface area (Å²) in [6, 6.07) is 1.76. The molecule has 0 aliphatic heterocycles. The SMILES string of the molecule is CC(C)n1nccc1C(=O)NC1CC(C(=O)O)C1. The number of carboxylic acids is 1. The number of hydrogen-bond acceptors (Lipinski definition) is 3. The van der Waals surface area contributed by atoms with Crippen LogP contribution in [0.15, 0.2) is 12.3 Å². The lowest BCUT2D eigenvalue weighted by atomic mass is 9.80. The summed E-state index contributed by atoms with van der Waals surface area (Å²) in [5, 5.41) is 15.7. The third kappa shape index (κ3) is 2.37. The van der Waals surface area contributed by atoms with Crippen molar-refractivity contribution in [3.05, 3.63) is 18.0 Å². The maximum atomic E-state index is 12.0. The van der Waals surface area contributed by atoms with Gasteiger partial charge in [0.1, 0.15) is 5.69 Å². The van der Waals surface area contributed by atoms with E-state index in [9.17, 15) is 9.59 Å². The molecule has 1 aliphatic rings. The highest BCUT2D eigenvalue weighted by atomic mass is 16.4. The zero-order chi connectivity index (χ0) is 13.3. The monoisotopic (exact) mass is 251 g/mol. The Morgan fingerprint density at radius 2 is 2.17 bits per heavy atom. The number of rotatable bonds is 4. The van der Waals surface area contributed by atoms with E-state index in [1.54, 1.807) is 16.9 Å². The van der Waals surface area contributed by atoms with Gasteiger partial charge in [0.2, 0.25) is 0 Å². The highest BCUT2D eigenvalue weighted by Gasteiger charge is 2.35. The molecule has 0 aromatic carbocycles. The van der Waals surface area contributed by atoms with E-state index in [0.29, 0.717) is 18.5 Å². The van der Waals surface area contributed by atoms with Crippen molar-refractivity contribution >= 4 is 11.9 Å². The molecule has 0 bridgehead atoms. The van der Waals surface area contributed by atoms with Crippen LogP contribution in [0.2, 0.25) is 0 Å². The van der Waals surface area contributed by atoms with Crippen molar-refractivity contribution < 1.29 is 14.7 Å². The zero-order valence-corrected chi connectivity index (χ0v) is 10.5. The van der Waals surface area contributed by atoms with Crippen LogP contribution in [0.5, 0.6) is 0 Å². The summed E-state index contributed by atoms with van der Waals surface area (Å²) in [6.07, 6.45) is 2.61. The molecule has 18 heavy (non-hydrogen) atoms. The Balaban J connectivity index is 1.93. The Bertz CT molecular complexity index is 461. The number of amides is 1. The zero-order valence-electron chi connectivity index (χ0n) is 10.5. The van der Waals surface area contributed by atoms with E-state index in [-0.39, 0.29) is 23.9 Å². The van der Waals surface area contributed by atoms with E-state index in [4.69, 9.17) is 5.11 Å². The van der Waals surface area contributed by atoms with Gasteiger partial charge in [-0.15, -0.1) is 0 Å². The second kappa shape index (κ2) is 4.80. The Kier molecular flexibility index (Phi) is 3.36. The minimum absolute atomic E-state index is 0.0332. The van der Waals surface area contributed by atoms with Crippen LogP contribution < -0.4 is 5.32 Å². The minimum Gasteiger partial charge on any atom is -0.481 e. The molecule has 1 saturated carbocycles. The molecule has 0 radical (unpaired) electrons. The van der Waals surface area contributed by atoms with Gasteiger partial charge in [-0.25, -0.2) is 0 Å². The van der Waals surface area contributed by atoms with Gasteiger partial charge in [0.15, 0.2) is 0 Å². The lowest BCUT2D eigenvalue weighted by Crippen LogP contribution is -2.47. The first kappa shape index (κ1) is 12.6. The molecule has 0 spiro atoms. The van der Waals surface area contributed by atoms with Gasteiger partial charge >= 0.3 is 5.97 Å². The van der Waals surface area contributed by atoms with Crippen molar-refractivity contribution in [3.8, 4) is 0 Å². The smallest absolute Gasteiger partial charge is 0.306 e. The maximum Gasteiger partial charge on any atom is 0.306 e. The molecule has 1 aliphatic carbocycles. The fourth-order valence-corrected chi connectivity index (χ4v) is 2.10. The molecular weight excluding hydrogens is 234 g/mol. The highest BCUT2D eigenvalue weighted by Crippen LogP contribution is 2.27. The summed E-state index contributed by atoms with van der Waals surface area (Å²) in [5.41, 5.74) is 0.517. The predicted molar refractivity (Wildman–Crippen MR) is 64.2 cm³/mol. The van der Waals surface area contributed by atoms with Gasteiger partial charge in [0.05, 0.1) is 5.92 Å². The standard InChI is InChI=1S/C12H17N3O3/c1-7(2)15-10(3-4-13-15)11(16)14-9-5-8(6-9)12(17)18/h3-4,7-9H,5-6H2,1-2H3,(H,14,16)(H,17,18). The fraction of sp³-hybridized carbons (Fsp3) is 0.583. The number of aliphatic carboxylic acids is 1. The van der Waals surface area contributed by atoms with Crippen LogP contribution in [0.3, 0.4) is 0 Å².